The van der Waals surface area contributed by atoms with Gasteiger partial charge in [-0.1, -0.05) is 36.4 Å². The predicted molar refractivity (Wildman–Crippen MR) is 107 cm³/mol. The number of aromatic amines is 1. The molecule has 2 amide bonds. The topological polar surface area (TPSA) is 65.6 Å². The van der Waals surface area contributed by atoms with Gasteiger partial charge in [-0.3, -0.25) is 9.59 Å². The minimum Gasteiger partial charge on any atom is -0.496 e. The van der Waals surface area contributed by atoms with E-state index in [0.29, 0.717) is 38.3 Å². The number of carbonyl (C=O) groups excluding carboxylic acids is 2. The first-order valence-corrected chi connectivity index (χ1v) is 9.42. The van der Waals surface area contributed by atoms with Crippen molar-refractivity contribution in [3.05, 3.63) is 65.9 Å². The van der Waals surface area contributed by atoms with Crippen molar-refractivity contribution in [3.63, 3.8) is 0 Å². The third kappa shape index (κ3) is 3.58. The highest BCUT2D eigenvalue weighted by Gasteiger charge is 2.26. The van der Waals surface area contributed by atoms with Gasteiger partial charge in [-0.2, -0.15) is 0 Å². The molecular formula is C22H23N3O3. The third-order valence-electron chi connectivity index (χ3n) is 5.21. The number of benzene rings is 2. The second-order valence-electron chi connectivity index (χ2n) is 6.93. The van der Waals surface area contributed by atoms with E-state index in [9.17, 15) is 9.59 Å². The molecule has 28 heavy (non-hydrogen) atoms. The fourth-order valence-electron chi connectivity index (χ4n) is 3.64. The first-order valence-electron chi connectivity index (χ1n) is 9.42. The van der Waals surface area contributed by atoms with E-state index >= 15 is 0 Å². The molecule has 3 aromatic rings. The Kier molecular flexibility index (Phi) is 5.02. The standard InChI is InChI=1S/C22H23N3O3/c1-28-20-9-5-3-7-17(20)15-21(26)24-10-12-25(13-11-24)22(27)19-14-16-6-2-4-8-18(16)23-19/h2-9,14,23H,10-13,15H2,1H3. The molecule has 2 heterocycles. The fourth-order valence-corrected chi connectivity index (χ4v) is 3.64. The van der Waals surface area contributed by atoms with Crippen molar-refractivity contribution >= 4 is 22.7 Å². The van der Waals surface area contributed by atoms with Crippen molar-refractivity contribution in [1.29, 1.82) is 0 Å². The first kappa shape index (κ1) is 18.1. The van der Waals surface area contributed by atoms with Crippen LogP contribution in [0.2, 0.25) is 0 Å². The van der Waals surface area contributed by atoms with Crippen molar-refractivity contribution in [3.8, 4) is 5.75 Å². The molecule has 2 aromatic carbocycles. The summed E-state index contributed by atoms with van der Waals surface area (Å²) in [7, 11) is 1.61. The maximum Gasteiger partial charge on any atom is 0.270 e. The van der Waals surface area contributed by atoms with Crippen molar-refractivity contribution in [2.75, 3.05) is 33.3 Å². The summed E-state index contributed by atoms with van der Waals surface area (Å²) < 4.78 is 5.33. The molecule has 1 fully saturated rings. The van der Waals surface area contributed by atoms with Gasteiger partial charge in [-0.25, -0.2) is 0 Å². The zero-order valence-corrected chi connectivity index (χ0v) is 15.9. The monoisotopic (exact) mass is 377 g/mol. The minimum atomic E-state index is -0.0203. The quantitative estimate of drug-likeness (QED) is 0.760. The van der Waals surface area contributed by atoms with Crippen LogP contribution in [-0.4, -0.2) is 59.9 Å². The van der Waals surface area contributed by atoms with Crippen LogP contribution in [0, 0.1) is 0 Å². The number of H-pyrrole nitrogens is 1. The summed E-state index contributed by atoms with van der Waals surface area (Å²) >= 11 is 0. The SMILES string of the molecule is COc1ccccc1CC(=O)N1CCN(C(=O)c2cc3ccccc3[nH]2)CC1. The van der Waals surface area contributed by atoms with Gasteiger partial charge in [-0.15, -0.1) is 0 Å². The highest BCUT2D eigenvalue weighted by molar-refractivity contribution is 5.98. The van der Waals surface area contributed by atoms with Gasteiger partial charge < -0.3 is 19.5 Å². The number of aromatic nitrogens is 1. The molecule has 0 bridgehead atoms. The molecule has 1 aliphatic heterocycles. The van der Waals surface area contributed by atoms with E-state index in [4.69, 9.17) is 4.74 Å². The Balaban J connectivity index is 1.37. The van der Waals surface area contributed by atoms with E-state index in [1.54, 1.807) is 12.0 Å². The normalized spacial score (nSPS) is 14.3. The summed E-state index contributed by atoms with van der Waals surface area (Å²) in [5.41, 5.74) is 2.43. The maximum atomic E-state index is 12.8. The van der Waals surface area contributed by atoms with Gasteiger partial charge in [0.25, 0.3) is 5.91 Å². The Morgan fingerprint density at radius 1 is 0.964 bits per heavy atom. The second-order valence-corrected chi connectivity index (χ2v) is 6.93. The number of nitrogens with zero attached hydrogens (tertiary/aromatic N) is 2. The highest BCUT2D eigenvalue weighted by atomic mass is 16.5. The van der Waals surface area contributed by atoms with Gasteiger partial charge in [-0.05, 0) is 18.2 Å². The fraction of sp³-hybridized carbons (Fsp3) is 0.273. The summed E-state index contributed by atoms with van der Waals surface area (Å²) in [6.07, 6.45) is 0.306. The molecule has 1 aromatic heterocycles. The smallest absolute Gasteiger partial charge is 0.270 e. The number of ether oxygens (including phenoxy) is 1. The summed E-state index contributed by atoms with van der Waals surface area (Å²) in [6, 6.07) is 17.3. The molecule has 1 aliphatic rings. The summed E-state index contributed by atoms with van der Waals surface area (Å²) in [4.78, 5) is 32.3. The Bertz CT molecular complexity index is 970. The summed E-state index contributed by atoms with van der Waals surface area (Å²) in [5, 5.41) is 1.02. The Morgan fingerprint density at radius 3 is 2.39 bits per heavy atom. The van der Waals surface area contributed by atoms with E-state index in [2.05, 4.69) is 4.98 Å². The van der Waals surface area contributed by atoms with E-state index in [1.165, 1.54) is 0 Å². The number of fused-ring (bicyclic) bond motifs is 1. The van der Waals surface area contributed by atoms with Crippen LogP contribution in [0.4, 0.5) is 0 Å². The molecule has 6 heteroatoms. The molecule has 1 N–H and O–H groups in total. The minimum absolute atomic E-state index is 0.0203. The van der Waals surface area contributed by atoms with Crippen LogP contribution >= 0.6 is 0 Å². The molecular weight excluding hydrogens is 354 g/mol. The third-order valence-corrected chi connectivity index (χ3v) is 5.21. The van der Waals surface area contributed by atoms with E-state index < -0.39 is 0 Å². The van der Waals surface area contributed by atoms with Crippen molar-refractivity contribution in [1.82, 2.24) is 14.8 Å². The lowest BCUT2D eigenvalue weighted by molar-refractivity contribution is -0.131. The summed E-state index contributed by atoms with van der Waals surface area (Å²) in [5.74, 6) is 0.763. The number of carbonyl (C=O) groups is 2. The van der Waals surface area contributed by atoms with Crippen LogP contribution in [-0.2, 0) is 11.2 Å². The number of hydrogen-bond acceptors (Lipinski definition) is 3. The zero-order valence-electron chi connectivity index (χ0n) is 15.9. The van der Waals surface area contributed by atoms with Crippen LogP contribution in [0.25, 0.3) is 10.9 Å². The largest absolute Gasteiger partial charge is 0.496 e. The van der Waals surface area contributed by atoms with E-state index in [-0.39, 0.29) is 11.8 Å². The lowest BCUT2D eigenvalue weighted by Crippen LogP contribution is -2.51. The van der Waals surface area contributed by atoms with Crippen LogP contribution in [0.3, 0.4) is 0 Å². The van der Waals surface area contributed by atoms with E-state index in [0.717, 1.165) is 22.2 Å². The number of hydrogen-bond donors (Lipinski definition) is 1. The van der Waals surface area contributed by atoms with E-state index in [1.807, 2.05) is 59.5 Å². The lowest BCUT2D eigenvalue weighted by atomic mass is 10.1. The van der Waals surface area contributed by atoms with Crippen molar-refractivity contribution in [2.24, 2.45) is 0 Å². The molecule has 0 spiro atoms. The van der Waals surface area contributed by atoms with Crippen LogP contribution in [0.15, 0.2) is 54.6 Å². The first-order chi connectivity index (χ1) is 13.7. The van der Waals surface area contributed by atoms with Crippen LogP contribution in [0.5, 0.6) is 5.75 Å². The average Bonchev–Trinajstić information content (AvgIpc) is 3.18. The van der Waals surface area contributed by atoms with Crippen LogP contribution < -0.4 is 4.74 Å². The van der Waals surface area contributed by atoms with Gasteiger partial charge in [0.15, 0.2) is 0 Å². The van der Waals surface area contributed by atoms with Gasteiger partial charge in [0, 0.05) is 42.6 Å². The van der Waals surface area contributed by atoms with Crippen LogP contribution in [0.1, 0.15) is 16.1 Å². The number of piperazine rings is 1. The molecule has 0 aliphatic carbocycles. The Morgan fingerprint density at radius 2 is 1.64 bits per heavy atom. The van der Waals surface area contributed by atoms with Crippen molar-refractivity contribution < 1.29 is 14.3 Å². The molecule has 4 rings (SSSR count). The molecule has 0 radical (unpaired) electrons. The molecule has 0 unspecified atom stereocenters. The number of methoxy groups -OCH3 is 1. The lowest BCUT2D eigenvalue weighted by Gasteiger charge is -2.34. The second kappa shape index (κ2) is 7.76. The van der Waals surface area contributed by atoms with Crippen molar-refractivity contribution in [2.45, 2.75) is 6.42 Å². The number of amides is 2. The maximum absolute atomic E-state index is 12.8. The average molecular weight is 377 g/mol. The summed E-state index contributed by atoms with van der Waals surface area (Å²) in [6.45, 7) is 2.15. The Hall–Kier alpha value is -3.28. The van der Waals surface area contributed by atoms with Gasteiger partial charge >= 0.3 is 0 Å². The number of nitrogens with one attached hydrogen (secondary N) is 1. The number of rotatable bonds is 4. The molecule has 144 valence electrons. The molecule has 6 nitrogen and oxygen atoms in total. The van der Waals surface area contributed by atoms with Gasteiger partial charge in [0.1, 0.15) is 11.4 Å². The van der Waals surface area contributed by atoms with Gasteiger partial charge in [0.2, 0.25) is 5.91 Å². The zero-order chi connectivity index (χ0) is 19.5. The molecule has 1 saturated heterocycles. The highest BCUT2D eigenvalue weighted by Crippen LogP contribution is 2.20. The van der Waals surface area contributed by atoms with Gasteiger partial charge in [0.05, 0.1) is 13.5 Å². The Labute approximate surface area is 163 Å². The number of para-hydroxylation sites is 2. The molecule has 0 saturated carbocycles. The molecule has 0 atom stereocenters. The predicted octanol–water partition coefficient (Wildman–Crippen LogP) is 2.70.